The van der Waals surface area contributed by atoms with Crippen LogP contribution < -0.4 is 10.9 Å². The number of rotatable bonds is 4. The minimum Gasteiger partial charge on any atom is -0.308 e. The maximum atomic E-state index is 12.5. The number of nitrogens with zero attached hydrogens (tertiary/aromatic N) is 2. The van der Waals surface area contributed by atoms with Crippen molar-refractivity contribution in [2.24, 2.45) is 0 Å². The molecule has 1 atom stereocenters. The number of benzene rings is 1. The Bertz CT molecular complexity index is 651. The summed E-state index contributed by atoms with van der Waals surface area (Å²) in [7, 11) is 0. The Morgan fingerprint density at radius 1 is 1.42 bits per heavy atom. The molecule has 1 unspecified atom stereocenters. The smallest absolute Gasteiger partial charge is 0.261 e. The van der Waals surface area contributed by atoms with Crippen LogP contribution in [0.3, 0.4) is 0 Å². The zero-order valence-corrected chi connectivity index (χ0v) is 12.2. The molecule has 5 heteroatoms. The Morgan fingerprint density at radius 3 is 2.79 bits per heavy atom. The first kappa shape index (κ1) is 14.0. The standard InChI is InChI=1S/C14H18ClN3O/c1-4-16-9(3)13-17-12-8-10(15)6-7-11(12)14(19)18(13)5-2/h6-9,16H,4-5H2,1-3H3. The molecule has 1 heterocycles. The molecule has 0 saturated carbocycles. The van der Waals surface area contributed by atoms with Crippen molar-refractivity contribution in [3.63, 3.8) is 0 Å². The van der Waals surface area contributed by atoms with Crippen molar-refractivity contribution < 1.29 is 0 Å². The molecule has 1 aromatic heterocycles. The van der Waals surface area contributed by atoms with Crippen molar-refractivity contribution in [1.29, 1.82) is 0 Å². The molecule has 0 fully saturated rings. The molecule has 1 aromatic carbocycles. The van der Waals surface area contributed by atoms with Crippen LogP contribution >= 0.6 is 11.6 Å². The summed E-state index contributed by atoms with van der Waals surface area (Å²) in [4.78, 5) is 17.1. The first-order valence-electron chi connectivity index (χ1n) is 6.51. The molecule has 19 heavy (non-hydrogen) atoms. The zero-order chi connectivity index (χ0) is 14.0. The van der Waals surface area contributed by atoms with Crippen LogP contribution in [0.1, 0.15) is 32.6 Å². The molecule has 0 aliphatic carbocycles. The monoisotopic (exact) mass is 279 g/mol. The molecule has 0 aliphatic rings. The van der Waals surface area contributed by atoms with Crippen molar-refractivity contribution in [2.75, 3.05) is 6.54 Å². The number of aromatic nitrogens is 2. The van der Waals surface area contributed by atoms with Crippen molar-refractivity contribution in [3.05, 3.63) is 39.4 Å². The predicted octanol–water partition coefficient (Wildman–Crippen LogP) is 2.74. The van der Waals surface area contributed by atoms with E-state index in [2.05, 4.69) is 10.3 Å². The van der Waals surface area contributed by atoms with Crippen LogP contribution in [0.5, 0.6) is 0 Å². The highest BCUT2D eigenvalue weighted by molar-refractivity contribution is 6.31. The van der Waals surface area contributed by atoms with Crippen LogP contribution in [0.4, 0.5) is 0 Å². The third-order valence-corrected chi connectivity index (χ3v) is 3.40. The average Bonchev–Trinajstić information content (AvgIpc) is 2.38. The molecule has 4 nitrogen and oxygen atoms in total. The van der Waals surface area contributed by atoms with Gasteiger partial charge in [-0.2, -0.15) is 0 Å². The number of nitrogens with one attached hydrogen (secondary N) is 1. The fourth-order valence-corrected chi connectivity index (χ4v) is 2.41. The van der Waals surface area contributed by atoms with Gasteiger partial charge in [-0.15, -0.1) is 0 Å². The fourth-order valence-electron chi connectivity index (χ4n) is 2.25. The number of hydrogen-bond acceptors (Lipinski definition) is 3. The largest absolute Gasteiger partial charge is 0.308 e. The second-order valence-corrected chi connectivity index (χ2v) is 4.90. The van der Waals surface area contributed by atoms with E-state index in [1.54, 1.807) is 22.8 Å². The third kappa shape index (κ3) is 2.65. The molecule has 0 aliphatic heterocycles. The molecular formula is C14H18ClN3O. The first-order valence-corrected chi connectivity index (χ1v) is 6.89. The Balaban J connectivity index is 2.72. The van der Waals surface area contributed by atoms with Crippen molar-refractivity contribution in [1.82, 2.24) is 14.9 Å². The van der Waals surface area contributed by atoms with Crippen molar-refractivity contribution in [2.45, 2.75) is 33.4 Å². The minimum absolute atomic E-state index is 0.0103. The highest BCUT2D eigenvalue weighted by atomic mass is 35.5. The van der Waals surface area contributed by atoms with Crippen LogP contribution in [0, 0.1) is 0 Å². The van der Waals surface area contributed by atoms with E-state index in [1.165, 1.54) is 0 Å². The fraction of sp³-hybridized carbons (Fsp3) is 0.429. The number of hydrogen-bond donors (Lipinski definition) is 1. The summed E-state index contributed by atoms with van der Waals surface area (Å²) >= 11 is 5.97. The Morgan fingerprint density at radius 2 is 2.16 bits per heavy atom. The summed E-state index contributed by atoms with van der Waals surface area (Å²) in [6.07, 6.45) is 0. The van der Waals surface area contributed by atoms with Gasteiger partial charge in [-0.1, -0.05) is 18.5 Å². The van der Waals surface area contributed by atoms with E-state index < -0.39 is 0 Å². The predicted molar refractivity (Wildman–Crippen MR) is 78.8 cm³/mol. The van der Waals surface area contributed by atoms with Crippen LogP contribution in [-0.4, -0.2) is 16.1 Å². The van der Waals surface area contributed by atoms with Crippen LogP contribution in [0.2, 0.25) is 5.02 Å². The molecule has 0 saturated heterocycles. The lowest BCUT2D eigenvalue weighted by Crippen LogP contribution is -2.30. The minimum atomic E-state index is -0.0103. The van der Waals surface area contributed by atoms with Gasteiger partial charge in [0.25, 0.3) is 5.56 Å². The van der Waals surface area contributed by atoms with Crippen LogP contribution in [0.15, 0.2) is 23.0 Å². The highest BCUT2D eigenvalue weighted by Crippen LogP contribution is 2.17. The lowest BCUT2D eigenvalue weighted by molar-refractivity contribution is 0.518. The van der Waals surface area contributed by atoms with Gasteiger partial charge in [-0.05, 0) is 38.6 Å². The van der Waals surface area contributed by atoms with Gasteiger partial charge in [0, 0.05) is 11.6 Å². The molecule has 2 aromatic rings. The van der Waals surface area contributed by atoms with Gasteiger partial charge in [-0.25, -0.2) is 4.98 Å². The second kappa shape index (κ2) is 5.72. The van der Waals surface area contributed by atoms with Gasteiger partial charge < -0.3 is 5.32 Å². The third-order valence-electron chi connectivity index (χ3n) is 3.16. The molecule has 102 valence electrons. The SMILES string of the molecule is CCNC(C)c1nc2cc(Cl)ccc2c(=O)n1CC. The molecule has 1 N–H and O–H groups in total. The molecular weight excluding hydrogens is 262 g/mol. The normalized spacial score (nSPS) is 12.8. The van der Waals surface area contributed by atoms with E-state index in [-0.39, 0.29) is 11.6 Å². The van der Waals surface area contributed by atoms with E-state index in [1.807, 2.05) is 20.8 Å². The lowest BCUT2D eigenvalue weighted by atomic mass is 10.2. The van der Waals surface area contributed by atoms with E-state index in [0.717, 1.165) is 12.4 Å². The summed E-state index contributed by atoms with van der Waals surface area (Å²) in [6.45, 7) is 7.42. The van der Waals surface area contributed by atoms with E-state index in [0.29, 0.717) is 22.5 Å². The van der Waals surface area contributed by atoms with Crippen LogP contribution in [0.25, 0.3) is 10.9 Å². The summed E-state index contributed by atoms with van der Waals surface area (Å²) in [6, 6.07) is 5.22. The highest BCUT2D eigenvalue weighted by Gasteiger charge is 2.14. The van der Waals surface area contributed by atoms with E-state index in [4.69, 9.17) is 11.6 Å². The Kier molecular flexibility index (Phi) is 4.22. The van der Waals surface area contributed by atoms with Crippen LogP contribution in [-0.2, 0) is 6.54 Å². The summed E-state index contributed by atoms with van der Waals surface area (Å²) < 4.78 is 1.71. The second-order valence-electron chi connectivity index (χ2n) is 4.46. The molecule has 0 spiro atoms. The van der Waals surface area contributed by atoms with E-state index >= 15 is 0 Å². The first-order chi connectivity index (χ1) is 9.08. The molecule has 0 bridgehead atoms. The maximum Gasteiger partial charge on any atom is 0.261 e. The topological polar surface area (TPSA) is 46.9 Å². The molecule has 0 radical (unpaired) electrons. The summed E-state index contributed by atoms with van der Waals surface area (Å²) in [5.74, 6) is 0.754. The Labute approximate surface area is 117 Å². The summed E-state index contributed by atoms with van der Waals surface area (Å²) in [5, 5.41) is 4.49. The summed E-state index contributed by atoms with van der Waals surface area (Å²) in [5.41, 5.74) is 0.644. The number of fused-ring (bicyclic) bond motifs is 1. The van der Waals surface area contributed by atoms with Crippen molar-refractivity contribution >= 4 is 22.5 Å². The number of halogens is 1. The zero-order valence-electron chi connectivity index (χ0n) is 11.4. The van der Waals surface area contributed by atoms with Gasteiger partial charge in [-0.3, -0.25) is 9.36 Å². The van der Waals surface area contributed by atoms with Gasteiger partial charge in [0.15, 0.2) is 0 Å². The van der Waals surface area contributed by atoms with Gasteiger partial charge in [0.05, 0.1) is 16.9 Å². The molecule has 2 rings (SSSR count). The van der Waals surface area contributed by atoms with Crippen molar-refractivity contribution in [3.8, 4) is 0 Å². The average molecular weight is 280 g/mol. The molecule has 0 amide bonds. The maximum absolute atomic E-state index is 12.5. The Hall–Kier alpha value is -1.39. The lowest BCUT2D eigenvalue weighted by Gasteiger charge is -2.17. The van der Waals surface area contributed by atoms with Gasteiger partial charge >= 0.3 is 0 Å². The quantitative estimate of drug-likeness (QED) is 0.936. The van der Waals surface area contributed by atoms with E-state index in [9.17, 15) is 4.79 Å². The van der Waals surface area contributed by atoms with Gasteiger partial charge in [0.2, 0.25) is 0 Å². The van der Waals surface area contributed by atoms with Gasteiger partial charge in [0.1, 0.15) is 5.82 Å².